The Bertz CT molecular complexity index is 1360. The Morgan fingerprint density at radius 3 is 0.929 bits per heavy atom. The Morgan fingerprint density at radius 2 is 0.595 bits per heavy atom. The number of esters is 1. The fourth-order valence-electron chi connectivity index (χ4n) is 12.1. The van der Waals surface area contributed by atoms with Gasteiger partial charge in [0.15, 0.2) is 0 Å². The first-order chi connectivity index (χ1) is 41.5. The van der Waals surface area contributed by atoms with Crippen molar-refractivity contribution in [3.63, 3.8) is 0 Å². The van der Waals surface area contributed by atoms with Crippen molar-refractivity contribution in [3.05, 3.63) is 36.5 Å². The number of ether oxygens (including phenoxy) is 1. The number of hydrogen-bond acceptors (Lipinski definition) is 5. The van der Waals surface area contributed by atoms with Crippen molar-refractivity contribution >= 4 is 11.9 Å². The molecule has 0 aliphatic carbocycles. The van der Waals surface area contributed by atoms with Crippen LogP contribution in [0.1, 0.15) is 425 Å². The maximum absolute atomic E-state index is 12.5. The molecule has 0 fully saturated rings. The topological polar surface area (TPSA) is 95.9 Å². The van der Waals surface area contributed by atoms with Crippen molar-refractivity contribution in [2.45, 2.75) is 437 Å². The molecule has 1 amide bonds. The van der Waals surface area contributed by atoms with Crippen LogP contribution in [-0.4, -0.2) is 47.4 Å². The van der Waals surface area contributed by atoms with Gasteiger partial charge >= 0.3 is 5.97 Å². The van der Waals surface area contributed by atoms with Crippen LogP contribution < -0.4 is 5.32 Å². The van der Waals surface area contributed by atoms with Gasteiger partial charge in [0.2, 0.25) is 5.91 Å². The fourth-order valence-corrected chi connectivity index (χ4v) is 12.1. The fraction of sp³-hybridized carbons (Fsp3) is 0.897. The van der Waals surface area contributed by atoms with Crippen LogP contribution in [0.5, 0.6) is 0 Å². The van der Waals surface area contributed by atoms with E-state index in [9.17, 15) is 19.8 Å². The zero-order valence-corrected chi connectivity index (χ0v) is 56.9. The normalized spacial score (nSPS) is 12.7. The lowest BCUT2D eigenvalue weighted by Crippen LogP contribution is -2.45. The number of carbonyl (C=O) groups excluding carboxylic acids is 2. The highest BCUT2D eigenvalue weighted by molar-refractivity contribution is 5.76. The average molecular weight is 1180 g/mol. The van der Waals surface area contributed by atoms with Gasteiger partial charge in [-0.1, -0.05) is 384 Å². The Morgan fingerprint density at radius 1 is 0.333 bits per heavy atom. The summed E-state index contributed by atoms with van der Waals surface area (Å²) in [6.07, 6.45) is 95.3. The molecule has 0 aliphatic rings. The van der Waals surface area contributed by atoms with Crippen LogP contribution in [0.2, 0.25) is 0 Å². The molecule has 0 heterocycles. The number of aliphatic hydroxyl groups is 2. The first kappa shape index (κ1) is 82.1. The largest absolute Gasteiger partial charge is 0.466 e. The Hall–Kier alpha value is -1.92. The van der Waals surface area contributed by atoms with Crippen LogP contribution in [0.4, 0.5) is 0 Å². The second-order valence-electron chi connectivity index (χ2n) is 26.3. The molecule has 0 bridgehead atoms. The molecule has 0 rings (SSSR count). The summed E-state index contributed by atoms with van der Waals surface area (Å²) in [5, 5.41) is 23.3. The van der Waals surface area contributed by atoms with Crippen LogP contribution in [0.25, 0.3) is 0 Å². The van der Waals surface area contributed by atoms with Crippen molar-refractivity contribution in [1.82, 2.24) is 5.32 Å². The van der Waals surface area contributed by atoms with Crippen molar-refractivity contribution < 1.29 is 24.5 Å². The minimum Gasteiger partial charge on any atom is -0.466 e. The third-order valence-corrected chi connectivity index (χ3v) is 17.9. The van der Waals surface area contributed by atoms with E-state index in [2.05, 4.69) is 43.5 Å². The SMILES string of the molecule is CCCCC/C=C\C/C=C\CCCCCCCCCC(=O)OCCCCCCCCCCCCCCCCCCCCCCCCCCCCC(=O)NC(CO)C(O)/C=C/CCCCCCCCCCCCCCCCCCCCCCCC. The van der Waals surface area contributed by atoms with E-state index in [1.54, 1.807) is 6.08 Å². The molecule has 496 valence electrons. The van der Waals surface area contributed by atoms with E-state index in [0.29, 0.717) is 19.4 Å². The summed E-state index contributed by atoms with van der Waals surface area (Å²) in [6.45, 7) is 4.92. The van der Waals surface area contributed by atoms with Crippen molar-refractivity contribution in [3.8, 4) is 0 Å². The molecule has 0 spiro atoms. The molecular weight excluding hydrogens is 1030 g/mol. The molecular formula is C78H149NO5. The second kappa shape index (κ2) is 73.5. The Labute approximate surface area is 525 Å². The minimum atomic E-state index is -0.845. The summed E-state index contributed by atoms with van der Waals surface area (Å²) in [5.74, 6) is -0.0512. The summed E-state index contributed by atoms with van der Waals surface area (Å²) in [6, 6.07) is -0.628. The first-order valence-electron chi connectivity index (χ1n) is 38.3. The number of unbranched alkanes of at least 4 members (excludes halogenated alkanes) is 57. The zero-order chi connectivity index (χ0) is 60.6. The standard InChI is InChI=1S/C78H149NO5/c1-3-5-7-9-11-13-15-17-19-21-22-23-24-29-32-35-39-42-46-50-54-58-62-66-70-76(81)75(74-80)79-77(82)71-67-63-59-55-51-47-43-40-36-33-30-27-25-26-28-31-34-37-41-45-49-53-57-61-65-69-73-84-78(83)72-68-64-60-56-52-48-44-38-20-18-16-14-12-10-8-6-4-2/h12,14,18,20,66,70,75-76,80-81H,3-11,13,15-17,19,21-65,67-69,71-74H2,1-2H3,(H,79,82)/b14-12-,20-18-,70-66+. The minimum absolute atomic E-state index is 0.00988. The first-order valence-corrected chi connectivity index (χ1v) is 38.3. The van der Waals surface area contributed by atoms with E-state index < -0.39 is 12.1 Å². The summed E-state index contributed by atoms with van der Waals surface area (Å²) in [4.78, 5) is 24.7. The van der Waals surface area contributed by atoms with Gasteiger partial charge in [0, 0.05) is 12.8 Å². The molecule has 0 radical (unpaired) electrons. The molecule has 0 saturated heterocycles. The molecule has 0 aromatic carbocycles. The number of aliphatic hydroxyl groups excluding tert-OH is 2. The van der Waals surface area contributed by atoms with Gasteiger partial charge in [-0.2, -0.15) is 0 Å². The predicted octanol–water partition coefficient (Wildman–Crippen LogP) is 25.0. The molecule has 3 N–H and O–H groups in total. The van der Waals surface area contributed by atoms with Gasteiger partial charge in [0.05, 0.1) is 25.4 Å². The van der Waals surface area contributed by atoms with Crippen LogP contribution in [0, 0.1) is 0 Å². The number of amides is 1. The van der Waals surface area contributed by atoms with Gasteiger partial charge < -0.3 is 20.3 Å². The van der Waals surface area contributed by atoms with E-state index in [4.69, 9.17) is 4.74 Å². The van der Waals surface area contributed by atoms with E-state index in [1.165, 1.54) is 347 Å². The van der Waals surface area contributed by atoms with Crippen LogP contribution in [-0.2, 0) is 14.3 Å². The monoisotopic (exact) mass is 1180 g/mol. The van der Waals surface area contributed by atoms with Crippen LogP contribution in [0.3, 0.4) is 0 Å². The van der Waals surface area contributed by atoms with Gasteiger partial charge in [-0.15, -0.1) is 0 Å². The lowest BCUT2D eigenvalue weighted by atomic mass is 10.0. The van der Waals surface area contributed by atoms with E-state index in [0.717, 1.165) is 51.4 Å². The van der Waals surface area contributed by atoms with Gasteiger partial charge in [-0.25, -0.2) is 0 Å². The molecule has 0 aromatic heterocycles. The molecule has 6 heteroatoms. The van der Waals surface area contributed by atoms with Gasteiger partial charge in [0.1, 0.15) is 0 Å². The molecule has 0 aromatic rings. The van der Waals surface area contributed by atoms with Gasteiger partial charge in [0.25, 0.3) is 0 Å². The zero-order valence-electron chi connectivity index (χ0n) is 56.9. The lowest BCUT2D eigenvalue weighted by Gasteiger charge is -2.20. The number of carbonyl (C=O) groups is 2. The highest BCUT2D eigenvalue weighted by atomic mass is 16.5. The highest BCUT2D eigenvalue weighted by Gasteiger charge is 2.18. The number of rotatable bonds is 72. The third kappa shape index (κ3) is 69.2. The smallest absolute Gasteiger partial charge is 0.305 e. The van der Waals surface area contributed by atoms with Crippen molar-refractivity contribution in [2.24, 2.45) is 0 Å². The molecule has 84 heavy (non-hydrogen) atoms. The van der Waals surface area contributed by atoms with Crippen molar-refractivity contribution in [1.29, 1.82) is 0 Å². The number of nitrogens with one attached hydrogen (secondary N) is 1. The maximum Gasteiger partial charge on any atom is 0.305 e. The van der Waals surface area contributed by atoms with Gasteiger partial charge in [-0.3, -0.25) is 9.59 Å². The molecule has 2 unspecified atom stereocenters. The molecule has 2 atom stereocenters. The summed E-state index contributed by atoms with van der Waals surface area (Å²) >= 11 is 0. The lowest BCUT2D eigenvalue weighted by molar-refractivity contribution is -0.143. The number of hydrogen-bond donors (Lipinski definition) is 3. The van der Waals surface area contributed by atoms with Crippen LogP contribution >= 0.6 is 0 Å². The average Bonchev–Trinajstić information content (AvgIpc) is 3.51. The van der Waals surface area contributed by atoms with E-state index in [1.807, 2.05) is 6.08 Å². The summed E-state index contributed by atoms with van der Waals surface area (Å²) in [5.41, 5.74) is 0. The van der Waals surface area contributed by atoms with Gasteiger partial charge in [-0.05, 0) is 64.2 Å². The molecule has 0 saturated carbocycles. The summed E-state index contributed by atoms with van der Waals surface area (Å²) < 4.78 is 5.50. The van der Waals surface area contributed by atoms with E-state index >= 15 is 0 Å². The summed E-state index contributed by atoms with van der Waals surface area (Å²) in [7, 11) is 0. The predicted molar refractivity (Wildman–Crippen MR) is 370 cm³/mol. The number of allylic oxidation sites excluding steroid dienone is 5. The highest BCUT2D eigenvalue weighted by Crippen LogP contribution is 2.19. The maximum atomic E-state index is 12.5. The molecule has 6 nitrogen and oxygen atoms in total. The van der Waals surface area contributed by atoms with Crippen molar-refractivity contribution in [2.75, 3.05) is 13.2 Å². The van der Waals surface area contributed by atoms with Crippen LogP contribution in [0.15, 0.2) is 36.5 Å². The molecule has 0 aliphatic heterocycles. The third-order valence-electron chi connectivity index (χ3n) is 17.9. The van der Waals surface area contributed by atoms with E-state index in [-0.39, 0.29) is 18.5 Å². The second-order valence-corrected chi connectivity index (χ2v) is 26.3. The quantitative estimate of drug-likeness (QED) is 0.0320. The Kier molecular flexibility index (Phi) is 71.9. The Balaban J connectivity index is 3.38.